The summed E-state index contributed by atoms with van der Waals surface area (Å²) >= 11 is 0. The molecule has 29 heavy (non-hydrogen) atoms. The summed E-state index contributed by atoms with van der Waals surface area (Å²) in [6.07, 6.45) is 0.955. The van der Waals surface area contributed by atoms with Crippen LogP contribution in [0.2, 0.25) is 0 Å². The molecule has 12 heteroatoms. The zero-order valence-corrected chi connectivity index (χ0v) is 17.4. The van der Waals surface area contributed by atoms with Crippen LogP contribution in [-0.4, -0.2) is 59.9 Å². The first kappa shape index (κ1) is 22.5. The van der Waals surface area contributed by atoms with Crippen LogP contribution < -0.4 is 14.2 Å². The van der Waals surface area contributed by atoms with Crippen molar-refractivity contribution in [3.8, 4) is 23.0 Å². The van der Waals surface area contributed by atoms with Crippen molar-refractivity contribution in [2.75, 3.05) is 27.6 Å². The Balaban J connectivity index is 2.77. The summed E-state index contributed by atoms with van der Waals surface area (Å²) in [6, 6.07) is 4.17. The van der Waals surface area contributed by atoms with Crippen molar-refractivity contribution in [3.63, 3.8) is 0 Å². The minimum absolute atomic E-state index is 0.159. The van der Waals surface area contributed by atoms with Crippen LogP contribution in [0.5, 0.6) is 23.0 Å². The Labute approximate surface area is 167 Å². The predicted molar refractivity (Wildman–Crippen MR) is 101 cm³/mol. The highest BCUT2D eigenvalue weighted by atomic mass is 32.2. The largest absolute Gasteiger partial charge is 0.504 e. The van der Waals surface area contributed by atoms with Gasteiger partial charge in [0.25, 0.3) is 10.1 Å². The van der Waals surface area contributed by atoms with Crippen molar-refractivity contribution in [3.05, 3.63) is 35.4 Å². The SMILES string of the molecule is COc1c(S(=O)(=O)O)ccc(C(=O)c2ccc(S(C)(=O)=O)c(OC)c2OC)c1O. The standard InChI is InChI=1S/C17H18O10S2/c1-25-15-10(6-7-11(17(15)27-3)28(4,20)21)13(18)9-5-8-12(29(22,23)24)16(26-2)14(9)19/h5-8,19H,1-4H3,(H,22,23,24). The molecule has 0 spiro atoms. The van der Waals surface area contributed by atoms with Crippen LogP contribution in [0.4, 0.5) is 0 Å². The van der Waals surface area contributed by atoms with Crippen LogP contribution in [0.25, 0.3) is 0 Å². The summed E-state index contributed by atoms with van der Waals surface area (Å²) in [7, 11) is -5.00. The number of ether oxygens (including phenoxy) is 3. The van der Waals surface area contributed by atoms with Gasteiger partial charge in [-0.25, -0.2) is 8.42 Å². The van der Waals surface area contributed by atoms with Gasteiger partial charge in [-0.15, -0.1) is 0 Å². The average Bonchev–Trinajstić information content (AvgIpc) is 2.64. The van der Waals surface area contributed by atoms with Crippen LogP contribution >= 0.6 is 0 Å². The summed E-state index contributed by atoms with van der Waals surface area (Å²) in [5.41, 5.74) is -0.532. The number of phenols is 1. The van der Waals surface area contributed by atoms with Crippen LogP contribution in [0.3, 0.4) is 0 Å². The van der Waals surface area contributed by atoms with Crippen molar-refractivity contribution >= 4 is 25.7 Å². The van der Waals surface area contributed by atoms with E-state index >= 15 is 0 Å². The van der Waals surface area contributed by atoms with Crippen molar-refractivity contribution in [1.29, 1.82) is 0 Å². The van der Waals surface area contributed by atoms with Gasteiger partial charge in [-0.3, -0.25) is 9.35 Å². The number of carbonyl (C=O) groups excluding carboxylic acids is 1. The number of hydrogen-bond donors (Lipinski definition) is 2. The van der Waals surface area contributed by atoms with Gasteiger partial charge in [0.15, 0.2) is 32.8 Å². The molecule has 158 valence electrons. The van der Waals surface area contributed by atoms with Gasteiger partial charge in [0, 0.05) is 6.26 Å². The van der Waals surface area contributed by atoms with Crippen molar-refractivity contribution in [2.45, 2.75) is 9.79 Å². The van der Waals surface area contributed by atoms with E-state index in [0.29, 0.717) is 0 Å². The minimum atomic E-state index is -4.73. The lowest BCUT2D eigenvalue weighted by Gasteiger charge is -2.16. The molecular weight excluding hydrogens is 428 g/mol. The first-order valence-corrected chi connectivity index (χ1v) is 11.1. The molecule has 0 aliphatic heterocycles. The molecule has 2 rings (SSSR count). The highest BCUT2D eigenvalue weighted by Gasteiger charge is 2.29. The third-order valence-electron chi connectivity index (χ3n) is 3.95. The van der Waals surface area contributed by atoms with Crippen molar-refractivity contribution in [2.24, 2.45) is 0 Å². The maximum absolute atomic E-state index is 13.0. The number of ketones is 1. The molecule has 2 aromatic rings. The fourth-order valence-electron chi connectivity index (χ4n) is 2.69. The number of phenolic OH excluding ortho intramolecular Hbond substituents is 1. The van der Waals surface area contributed by atoms with E-state index in [0.717, 1.165) is 31.6 Å². The van der Waals surface area contributed by atoms with Gasteiger partial charge in [-0.1, -0.05) is 0 Å². The molecule has 2 N–H and O–H groups in total. The Morgan fingerprint density at radius 1 is 0.793 bits per heavy atom. The molecule has 0 heterocycles. The number of sulfone groups is 1. The second kappa shape index (κ2) is 7.89. The van der Waals surface area contributed by atoms with Crippen LogP contribution in [0.1, 0.15) is 15.9 Å². The Bertz CT molecular complexity index is 1180. The number of benzene rings is 2. The van der Waals surface area contributed by atoms with E-state index in [-0.39, 0.29) is 27.5 Å². The Morgan fingerprint density at radius 3 is 1.72 bits per heavy atom. The fourth-order valence-corrected chi connectivity index (χ4v) is 4.18. The lowest BCUT2D eigenvalue weighted by atomic mass is 10.0. The molecule has 0 bridgehead atoms. The second-order valence-electron chi connectivity index (χ2n) is 5.75. The van der Waals surface area contributed by atoms with Crippen LogP contribution in [0.15, 0.2) is 34.1 Å². The number of hydrogen-bond acceptors (Lipinski definition) is 9. The van der Waals surface area contributed by atoms with E-state index < -0.39 is 42.1 Å². The lowest BCUT2D eigenvalue weighted by molar-refractivity contribution is 0.103. The summed E-state index contributed by atoms with van der Waals surface area (Å²) in [5, 5.41) is 10.3. The molecule has 0 aromatic heterocycles. The van der Waals surface area contributed by atoms with Gasteiger partial charge < -0.3 is 19.3 Å². The zero-order valence-electron chi connectivity index (χ0n) is 15.8. The number of aromatic hydroxyl groups is 1. The van der Waals surface area contributed by atoms with Gasteiger partial charge in [-0.05, 0) is 24.3 Å². The normalized spacial score (nSPS) is 11.8. The molecule has 0 radical (unpaired) electrons. The number of carbonyl (C=O) groups is 1. The molecule has 0 saturated heterocycles. The third-order valence-corrected chi connectivity index (χ3v) is 5.95. The monoisotopic (exact) mass is 446 g/mol. The number of methoxy groups -OCH3 is 3. The van der Waals surface area contributed by atoms with E-state index in [1.807, 2.05) is 0 Å². The van der Waals surface area contributed by atoms with Gasteiger partial charge in [0.1, 0.15) is 9.79 Å². The molecule has 10 nitrogen and oxygen atoms in total. The first-order valence-electron chi connectivity index (χ1n) is 7.75. The Hall–Kier alpha value is -2.83. The maximum Gasteiger partial charge on any atom is 0.298 e. The van der Waals surface area contributed by atoms with E-state index in [1.165, 1.54) is 20.3 Å². The van der Waals surface area contributed by atoms with E-state index in [2.05, 4.69) is 0 Å². The molecule has 0 aliphatic carbocycles. The Morgan fingerprint density at radius 2 is 1.28 bits per heavy atom. The molecule has 0 unspecified atom stereocenters. The zero-order chi connectivity index (χ0) is 22.1. The van der Waals surface area contributed by atoms with Gasteiger partial charge in [-0.2, -0.15) is 8.42 Å². The third kappa shape index (κ3) is 4.13. The minimum Gasteiger partial charge on any atom is -0.504 e. The fraction of sp³-hybridized carbons (Fsp3) is 0.235. The molecule has 0 amide bonds. The van der Waals surface area contributed by atoms with Crippen LogP contribution in [0, 0.1) is 0 Å². The van der Waals surface area contributed by atoms with E-state index in [4.69, 9.17) is 14.2 Å². The molecule has 0 saturated carbocycles. The van der Waals surface area contributed by atoms with Gasteiger partial charge >= 0.3 is 0 Å². The number of rotatable bonds is 7. The molecule has 2 aromatic carbocycles. The predicted octanol–water partition coefficient (Wildman–Crippen LogP) is 1.30. The molecular formula is C17H18O10S2. The van der Waals surface area contributed by atoms with Crippen molar-refractivity contribution in [1.82, 2.24) is 0 Å². The lowest BCUT2D eigenvalue weighted by Crippen LogP contribution is -2.10. The topological polar surface area (TPSA) is 154 Å². The highest BCUT2D eigenvalue weighted by molar-refractivity contribution is 7.90. The summed E-state index contributed by atoms with van der Waals surface area (Å²) in [4.78, 5) is 12.1. The van der Waals surface area contributed by atoms with Gasteiger partial charge in [0.2, 0.25) is 5.78 Å². The summed E-state index contributed by atoms with van der Waals surface area (Å²) < 4.78 is 71.0. The van der Waals surface area contributed by atoms with Crippen molar-refractivity contribution < 1.29 is 45.5 Å². The molecule has 0 atom stereocenters. The summed E-state index contributed by atoms with van der Waals surface area (Å²) in [6.45, 7) is 0. The van der Waals surface area contributed by atoms with Crippen LogP contribution in [-0.2, 0) is 20.0 Å². The quantitative estimate of drug-likeness (QED) is 0.470. The highest BCUT2D eigenvalue weighted by Crippen LogP contribution is 2.41. The molecule has 0 aliphatic rings. The van der Waals surface area contributed by atoms with E-state index in [1.54, 1.807) is 0 Å². The van der Waals surface area contributed by atoms with Gasteiger partial charge in [0.05, 0.1) is 32.5 Å². The summed E-state index contributed by atoms with van der Waals surface area (Å²) in [5.74, 6) is -2.70. The average molecular weight is 446 g/mol. The second-order valence-corrected chi connectivity index (χ2v) is 9.12. The van der Waals surface area contributed by atoms with E-state index in [9.17, 15) is 31.3 Å². The Kier molecular flexibility index (Phi) is 6.11. The molecule has 0 fully saturated rings. The maximum atomic E-state index is 13.0. The smallest absolute Gasteiger partial charge is 0.298 e. The first-order chi connectivity index (χ1) is 13.4.